The van der Waals surface area contributed by atoms with Crippen molar-refractivity contribution >= 4 is 23.4 Å². The molecule has 1 aliphatic rings. The monoisotopic (exact) mass is 344 g/mol. The fourth-order valence-corrected chi connectivity index (χ4v) is 3.14. The summed E-state index contributed by atoms with van der Waals surface area (Å²) < 4.78 is 13.9. The minimum atomic E-state index is -0.212. The van der Waals surface area contributed by atoms with Gasteiger partial charge in [0.15, 0.2) is 0 Å². The molecule has 126 valence electrons. The van der Waals surface area contributed by atoms with E-state index in [2.05, 4.69) is 10.2 Å². The number of carbonyl (C=O) groups excluding carboxylic acids is 1. The van der Waals surface area contributed by atoms with Gasteiger partial charge in [0.2, 0.25) is 5.91 Å². The van der Waals surface area contributed by atoms with Gasteiger partial charge in [-0.25, -0.2) is 4.39 Å². The number of hydrogen-bond acceptors (Lipinski definition) is 3. The highest BCUT2D eigenvalue weighted by molar-refractivity contribution is 7.98. The average molecular weight is 344 g/mol. The zero-order chi connectivity index (χ0) is 16.9. The van der Waals surface area contributed by atoms with Crippen LogP contribution in [0.1, 0.15) is 18.4 Å². The number of rotatable bonds is 7. The SMILES string of the molecule is CSc1cccc(NC(=O)CN(Cc2ccccc2F)C2CC2)c1. The van der Waals surface area contributed by atoms with Gasteiger partial charge in [0.25, 0.3) is 0 Å². The van der Waals surface area contributed by atoms with Gasteiger partial charge in [0.05, 0.1) is 6.54 Å². The third kappa shape index (κ3) is 4.58. The summed E-state index contributed by atoms with van der Waals surface area (Å²) in [6, 6.07) is 14.9. The lowest BCUT2D eigenvalue weighted by molar-refractivity contribution is -0.117. The minimum absolute atomic E-state index is 0.0588. The van der Waals surface area contributed by atoms with Crippen molar-refractivity contribution in [3.63, 3.8) is 0 Å². The van der Waals surface area contributed by atoms with Crippen molar-refractivity contribution in [2.24, 2.45) is 0 Å². The molecule has 0 saturated heterocycles. The molecule has 1 saturated carbocycles. The molecule has 3 rings (SSSR count). The summed E-state index contributed by atoms with van der Waals surface area (Å²) in [4.78, 5) is 15.5. The van der Waals surface area contributed by atoms with Crippen LogP contribution in [0.5, 0.6) is 0 Å². The van der Waals surface area contributed by atoms with E-state index in [0.29, 0.717) is 18.2 Å². The lowest BCUT2D eigenvalue weighted by Crippen LogP contribution is -2.34. The molecule has 1 amide bonds. The number of nitrogens with zero attached hydrogens (tertiary/aromatic N) is 1. The summed E-state index contributed by atoms with van der Waals surface area (Å²) in [5.74, 6) is -0.271. The van der Waals surface area contributed by atoms with Crippen LogP contribution in [0.25, 0.3) is 0 Å². The molecule has 0 atom stereocenters. The van der Waals surface area contributed by atoms with Crippen LogP contribution in [-0.4, -0.2) is 29.6 Å². The molecule has 24 heavy (non-hydrogen) atoms. The standard InChI is InChI=1S/C19H21FN2OS/c1-24-17-7-4-6-15(11-17)21-19(23)13-22(16-9-10-16)12-14-5-2-3-8-18(14)20/h2-8,11,16H,9-10,12-13H2,1H3,(H,21,23). The molecule has 0 spiro atoms. The van der Waals surface area contributed by atoms with Gasteiger partial charge in [-0.2, -0.15) is 0 Å². The predicted octanol–water partition coefficient (Wildman–Crippen LogP) is 4.15. The van der Waals surface area contributed by atoms with Gasteiger partial charge in [-0.15, -0.1) is 11.8 Å². The number of carbonyl (C=O) groups is 1. The molecule has 5 heteroatoms. The second-order valence-corrected chi connectivity index (χ2v) is 6.89. The maximum absolute atomic E-state index is 13.9. The second-order valence-electron chi connectivity index (χ2n) is 6.01. The van der Waals surface area contributed by atoms with E-state index < -0.39 is 0 Å². The van der Waals surface area contributed by atoms with E-state index in [9.17, 15) is 9.18 Å². The Morgan fingerprint density at radius 3 is 2.75 bits per heavy atom. The summed E-state index contributed by atoms with van der Waals surface area (Å²) in [5.41, 5.74) is 1.44. The number of amides is 1. The maximum atomic E-state index is 13.9. The maximum Gasteiger partial charge on any atom is 0.238 e. The Labute approximate surface area is 146 Å². The number of thioether (sulfide) groups is 1. The first-order valence-corrected chi connectivity index (χ1v) is 9.29. The van der Waals surface area contributed by atoms with E-state index in [1.807, 2.05) is 36.6 Å². The highest BCUT2D eigenvalue weighted by Gasteiger charge is 2.30. The summed E-state index contributed by atoms with van der Waals surface area (Å²) in [6.45, 7) is 0.748. The molecule has 0 aliphatic heterocycles. The molecule has 2 aromatic carbocycles. The van der Waals surface area contributed by atoms with Gasteiger partial charge in [-0.3, -0.25) is 9.69 Å². The van der Waals surface area contributed by atoms with Crippen molar-refractivity contribution in [3.05, 3.63) is 59.9 Å². The fraction of sp³-hybridized carbons (Fsp3) is 0.316. The van der Waals surface area contributed by atoms with E-state index in [-0.39, 0.29) is 18.3 Å². The first kappa shape index (κ1) is 17.0. The lowest BCUT2D eigenvalue weighted by Gasteiger charge is -2.21. The number of halogens is 1. The van der Waals surface area contributed by atoms with Crippen LogP contribution in [0, 0.1) is 5.82 Å². The molecule has 1 fully saturated rings. The van der Waals surface area contributed by atoms with Crippen LogP contribution < -0.4 is 5.32 Å². The van der Waals surface area contributed by atoms with Crippen LogP contribution >= 0.6 is 11.8 Å². The topological polar surface area (TPSA) is 32.3 Å². The molecular weight excluding hydrogens is 323 g/mol. The summed E-state index contributed by atoms with van der Waals surface area (Å²) in [7, 11) is 0. The molecule has 0 radical (unpaired) electrons. The molecular formula is C19H21FN2OS. The van der Waals surface area contributed by atoms with E-state index in [1.165, 1.54) is 6.07 Å². The first-order chi connectivity index (χ1) is 11.7. The summed E-state index contributed by atoms with van der Waals surface area (Å²) >= 11 is 1.64. The van der Waals surface area contributed by atoms with E-state index >= 15 is 0 Å². The predicted molar refractivity (Wildman–Crippen MR) is 96.7 cm³/mol. The van der Waals surface area contributed by atoms with Crippen LogP contribution in [0.3, 0.4) is 0 Å². The Kier molecular flexibility index (Phi) is 5.53. The molecule has 3 nitrogen and oxygen atoms in total. The fourth-order valence-electron chi connectivity index (χ4n) is 2.69. The molecule has 1 aliphatic carbocycles. The molecule has 2 aromatic rings. The zero-order valence-electron chi connectivity index (χ0n) is 13.7. The Balaban J connectivity index is 1.63. The number of hydrogen-bond donors (Lipinski definition) is 1. The van der Waals surface area contributed by atoms with Crippen molar-refractivity contribution in [1.82, 2.24) is 4.90 Å². The van der Waals surface area contributed by atoms with Crippen LogP contribution in [0.15, 0.2) is 53.4 Å². The van der Waals surface area contributed by atoms with E-state index in [4.69, 9.17) is 0 Å². The Hall–Kier alpha value is -1.85. The largest absolute Gasteiger partial charge is 0.325 e. The average Bonchev–Trinajstić information content (AvgIpc) is 3.41. The van der Waals surface area contributed by atoms with Crippen LogP contribution in [0.4, 0.5) is 10.1 Å². The van der Waals surface area contributed by atoms with Crippen molar-refractivity contribution in [3.8, 4) is 0 Å². The molecule has 1 N–H and O–H groups in total. The zero-order valence-corrected chi connectivity index (χ0v) is 14.5. The van der Waals surface area contributed by atoms with Crippen molar-refractivity contribution in [2.45, 2.75) is 30.3 Å². The van der Waals surface area contributed by atoms with Gasteiger partial charge in [0, 0.05) is 28.7 Å². The van der Waals surface area contributed by atoms with Crippen molar-refractivity contribution in [1.29, 1.82) is 0 Å². The van der Waals surface area contributed by atoms with Gasteiger partial charge in [-0.05, 0) is 43.4 Å². The quantitative estimate of drug-likeness (QED) is 0.766. The van der Waals surface area contributed by atoms with Crippen LogP contribution in [0.2, 0.25) is 0 Å². The smallest absolute Gasteiger partial charge is 0.238 e. The van der Waals surface area contributed by atoms with E-state index in [0.717, 1.165) is 23.4 Å². The summed E-state index contributed by atoms with van der Waals surface area (Å²) in [5, 5.41) is 2.94. The van der Waals surface area contributed by atoms with Crippen molar-refractivity contribution in [2.75, 3.05) is 18.1 Å². The number of nitrogens with one attached hydrogen (secondary N) is 1. The lowest BCUT2D eigenvalue weighted by atomic mass is 10.2. The number of benzene rings is 2. The van der Waals surface area contributed by atoms with Gasteiger partial charge in [0.1, 0.15) is 5.82 Å². The first-order valence-electron chi connectivity index (χ1n) is 8.07. The van der Waals surface area contributed by atoms with E-state index in [1.54, 1.807) is 23.9 Å². The van der Waals surface area contributed by atoms with Gasteiger partial charge < -0.3 is 5.32 Å². The second kappa shape index (κ2) is 7.81. The Morgan fingerprint density at radius 1 is 1.25 bits per heavy atom. The summed E-state index contributed by atoms with van der Waals surface area (Å²) in [6.07, 6.45) is 4.15. The highest BCUT2D eigenvalue weighted by Crippen LogP contribution is 2.28. The van der Waals surface area contributed by atoms with Gasteiger partial charge >= 0.3 is 0 Å². The molecule has 0 bridgehead atoms. The minimum Gasteiger partial charge on any atom is -0.325 e. The molecule has 0 aromatic heterocycles. The third-order valence-electron chi connectivity index (χ3n) is 4.09. The molecule has 0 heterocycles. The Morgan fingerprint density at radius 2 is 2.04 bits per heavy atom. The number of anilines is 1. The van der Waals surface area contributed by atoms with Crippen LogP contribution in [-0.2, 0) is 11.3 Å². The normalized spacial score (nSPS) is 14.0. The Bertz CT molecular complexity index is 718. The third-order valence-corrected chi connectivity index (χ3v) is 4.82. The highest BCUT2D eigenvalue weighted by atomic mass is 32.2. The molecule has 0 unspecified atom stereocenters. The van der Waals surface area contributed by atoms with Crippen molar-refractivity contribution < 1.29 is 9.18 Å². The van der Waals surface area contributed by atoms with Gasteiger partial charge in [-0.1, -0.05) is 24.3 Å².